The zero-order valence-electron chi connectivity index (χ0n) is 31.3. The predicted molar refractivity (Wildman–Crippen MR) is 198 cm³/mol. The van der Waals surface area contributed by atoms with Gasteiger partial charge in [-0.05, 0) is 81.6 Å². The number of phenols is 1. The zero-order chi connectivity index (χ0) is 40.0. The van der Waals surface area contributed by atoms with Crippen molar-refractivity contribution >= 4 is 36.8 Å². The van der Waals surface area contributed by atoms with E-state index in [0.29, 0.717) is 23.2 Å². The number of ketones is 4. The number of rotatable bonds is 14. The molecule has 0 bridgehead atoms. The van der Waals surface area contributed by atoms with Gasteiger partial charge in [0.1, 0.15) is 11.7 Å². The van der Waals surface area contributed by atoms with Crippen LogP contribution < -0.4 is 17.2 Å². The third-order valence-corrected chi connectivity index (χ3v) is 13.2. The Balaban J connectivity index is 1.63. The summed E-state index contributed by atoms with van der Waals surface area (Å²) in [6.45, 7) is 6.58. The van der Waals surface area contributed by atoms with E-state index in [1.165, 1.54) is 25.1 Å². The van der Waals surface area contributed by atoms with Gasteiger partial charge >= 0.3 is 7.75 Å². The molecule has 2 unspecified atom stereocenters. The highest BCUT2D eigenvalue weighted by Crippen LogP contribution is 2.57. The van der Waals surface area contributed by atoms with Crippen LogP contribution in [0.3, 0.4) is 0 Å². The van der Waals surface area contributed by atoms with E-state index >= 15 is 0 Å². The lowest BCUT2D eigenvalue weighted by atomic mass is 9.42. The Morgan fingerprint density at radius 3 is 2.28 bits per heavy atom. The second kappa shape index (κ2) is 15.2. The molecule has 16 heteroatoms. The molecular weight excluding hydrogens is 715 g/mol. The SMILES string of the molecule is CCCCCN(Cc1cccc(-c2ccc(O)c3c2C[C@@]2(N)C[C@@]4(N)[C@H](N(C)C)C(=O)C(C(N)=O)C(=O)[C@@]4(C#N)C(=O)C2C3=O)c1)P(=O)(OCC)OCC. The normalized spacial score (nSPS) is 28.1. The number of hydrogen-bond acceptors (Lipinski definition) is 13. The summed E-state index contributed by atoms with van der Waals surface area (Å²) < 4.78 is 27.0. The van der Waals surface area contributed by atoms with Crippen LogP contribution in [-0.2, 0) is 45.8 Å². The number of Topliss-reactive ketones (excluding diaryl/α,β-unsaturated/α-hetero) is 4. The van der Waals surface area contributed by atoms with Gasteiger partial charge in [-0.15, -0.1) is 0 Å². The molecule has 0 heterocycles. The highest BCUT2D eigenvalue weighted by atomic mass is 31.2. The Morgan fingerprint density at radius 2 is 1.70 bits per heavy atom. The molecule has 54 heavy (non-hydrogen) atoms. The van der Waals surface area contributed by atoms with Gasteiger partial charge in [0.15, 0.2) is 34.5 Å². The van der Waals surface area contributed by atoms with E-state index in [0.717, 1.165) is 24.8 Å². The fourth-order valence-corrected chi connectivity index (χ4v) is 10.7. The Kier molecular flexibility index (Phi) is 11.5. The molecule has 290 valence electrons. The minimum Gasteiger partial charge on any atom is -0.507 e. The quantitative estimate of drug-likeness (QED) is 0.123. The molecule has 6 atom stereocenters. The van der Waals surface area contributed by atoms with Crippen LogP contribution in [0.2, 0.25) is 0 Å². The first-order chi connectivity index (χ1) is 25.4. The summed E-state index contributed by atoms with van der Waals surface area (Å²) in [6.07, 6.45) is 1.89. The van der Waals surface area contributed by atoms with Crippen LogP contribution >= 0.6 is 7.75 Å². The molecular formula is C38H49N6O9P. The maximum atomic E-state index is 14.7. The van der Waals surface area contributed by atoms with Crippen molar-refractivity contribution in [1.82, 2.24) is 9.57 Å². The van der Waals surface area contributed by atoms with Crippen molar-refractivity contribution in [1.29, 1.82) is 5.26 Å². The second-order valence-corrected chi connectivity index (χ2v) is 16.7. The number of nitriles is 1. The molecule has 1 amide bonds. The van der Waals surface area contributed by atoms with Crippen LogP contribution in [0, 0.1) is 28.6 Å². The fraction of sp³-hybridized carbons (Fsp3) is 0.526. The predicted octanol–water partition coefficient (Wildman–Crippen LogP) is 2.65. The summed E-state index contributed by atoms with van der Waals surface area (Å²) in [5, 5.41) is 21.8. The van der Waals surface area contributed by atoms with Gasteiger partial charge in [0, 0.05) is 18.6 Å². The van der Waals surface area contributed by atoms with E-state index < -0.39 is 83.3 Å². The fourth-order valence-electron chi connectivity index (χ4n) is 8.89. The molecule has 2 fully saturated rings. The number of nitrogens with two attached hydrogens (primary N) is 3. The van der Waals surface area contributed by atoms with Crippen molar-refractivity contribution in [3.8, 4) is 22.9 Å². The molecule has 3 aliphatic rings. The van der Waals surface area contributed by atoms with E-state index in [4.69, 9.17) is 26.2 Å². The van der Waals surface area contributed by atoms with Crippen molar-refractivity contribution in [2.45, 2.75) is 76.5 Å². The smallest absolute Gasteiger partial charge is 0.408 e. The molecule has 2 aromatic rings. The van der Waals surface area contributed by atoms with Gasteiger partial charge in [-0.3, -0.25) is 37.9 Å². The Labute approximate surface area is 314 Å². The molecule has 7 N–H and O–H groups in total. The molecule has 5 rings (SSSR count). The van der Waals surface area contributed by atoms with Gasteiger partial charge in [-0.2, -0.15) is 5.26 Å². The number of phenolic OH excluding ortho intramolecular Hbond substituents is 1. The maximum Gasteiger partial charge on any atom is 0.408 e. The lowest BCUT2D eigenvalue weighted by molar-refractivity contribution is -0.166. The van der Waals surface area contributed by atoms with Gasteiger partial charge in [0.05, 0.1) is 36.4 Å². The number of carbonyl (C=O) groups is 5. The first kappa shape index (κ1) is 41.0. The Bertz CT molecular complexity index is 1970. The van der Waals surface area contributed by atoms with Gasteiger partial charge in [0.25, 0.3) is 0 Å². The molecule has 0 radical (unpaired) electrons. The van der Waals surface area contributed by atoms with Crippen molar-refractivity contribution < 1.29 is 42.7 Å². The number of aromatic hydroxyl groups is 1. The minimum atomic E-state index is -3.65. The largest absolute Gasteiger partial charge is 0.507 e. The van der Waals surface area contributed by atoms with E-state index in [2.05, 4.69) is 6.92 Å². The van der Waals surface area contributed by atoms with Crippen molar-refractivity contribution in [2.24, 2.45) is 34.5 Å². The van der Waals surface area contributed by atoms with E-state index in [-0.39, 0.29) is 31.7 Å². The average molecular weight is 765 g/mol. The molecule has 2 aromatic carbocycles. The zero-order valence-corrected chi connectivity index (χ0v) is 32.2. The third-order valence-electron chi connectivity index (χ3n) is 11.0. The number of primary amides is 1. The number of likely N-dealkylation sites (N-methyl/N-ethyl adjacent to an activating group) is 1. The van der Waals surface area contributed by atoms with Crippen molar-refractivity contribution in [3.05, 3.63) is 53.1 Å². The average Bonchev–Trinajstić information content (AvgIpc) is 3.07. The molecule has 15 nitrogen and oxygen atoms in total. The number of nitrogens with zero attached hydrogens (tertiary/aromatic N) is 3. The summed E-state index contributed by atoms with van der Waals surface area (Å²) in [7, 11) is -0.753. The Morgan fingerprint density at radius 1 is 1.04 bits per heavy atom. The van der Waals surface area contributed by atoms with Crippen LogP contribution in [0.15, 0.2) is 36.4 Å². The summed E-state index contributed by atoms with van der Waals surface area (Å²) >= 11 is 0. The van der Waals surface area contributed by atoms with E-state index in [1.807, 2.05) is 12.1 Å². The van der Waals surface area contributed by atoms with Gasteiger partial charge in [-0.1, -0.05) is 44.0 Å². The third kappa shape index (κ3) is 6.33. The number of carbonyl (C=O) groups excluding carboxylic acids is 5. The van der Waals surface area contributed by atoms with Crippen molar-refractivity contribution in [2.75, 3.05) is 33.9 Å². The number of amides is 1. The van der Waals surface area contributed by atoms with Gasteiger partial charge < -0.3 is 22.3 Å². The molecule has 2 saturated carbocycles. The van der Waals surface area contributed by atoms with Crippen molar-refractivity contribution in [3.63, 3.8) is 0 Å². The second-order valence-electron chi connectivity index (χ2n) is 14.7. The maximum absolute atomic E-state index is 14.7. The summed E-state index contributed by atoms with van der Waals surface area (Å²) in [6, 6.07) is 10.4. The lowest BCUT2D eigenvalue weighted by Crippen LogP contribution is -2.85. The monoisotopic (exact) mass is 764 g/mol. The summed E-state index contributed by atoms with van der Waals surface area (Å²) in [5.41, 5.74) is 14.5. The highest BCUT2D eigenvalue weighted by Gasteiger charge is 2.78. The highest BCUT2D eigenvalue weighted by molar-refractivity contribution is 7.51. The molecule has 3 aliphatic carbocycles. The van der Waals surface area contributed by atoms with Crippen LogP contribution in [0.5, 0.6) is 5.75 Å². The van der Waals surface area contributed by atoms with Gasteiger partial charge in [-0.25, -0.2) is 9.24 Å². The minimum absolute atomic E-state index is 0.183. The number of unbranched alkanes of at least 4 members (excludes halogenated alkanes) is 2. The topological polar surface area (TPSA) is 249 Å². The van der Waals surface area contributed by atoms with E-state index in [9.17, 15) is 38.9 Å². The van der Waals surface area contributed by atoms with Crippen LogP contribution in [-0.4, -0.2) is 94.7 Å². The first-order valence-corrected chi connectivity index (χ1v) is 19.6. The molecule has 0 aliphatic heterocycles. The molecule has 0 spiro atoms. The molecule has 0 saturated heterocycles. The number of benzene rings is 2. The molecule has 0 aromatic heterocycles. The standard InChI is InChI=1S/C38H49N6O9P/c1-6-9-10-16-44(54(51,52-7-2)53-8-3)19-22-12-11-13-23(17-22)24-14-15-26(45)27-25(24)18-36(41)20-38(42)32(43(4)5)31(47)28(35(40)50)33(48)37(38,21-39)34(49)29(36)30(27)46/h11-15,17,28-29,32,45H,6-10,16,18-20,41-42H2,1-5H3,(H2,40,50)/t28?,29?,32-,36-,37+,38-/m1/s1. The Hall–Kier alpha value is -4.13. The number of hydrogen-bond donors (Lipinski definition) is 4. The van der Waals surface area contributed by atoms with E-state index in [1.54, 1.807) is 42.8 Å². The summed E-state index contributed by atoms with van der Waals surface area (Å²) in [5.74, 6) is -10.3. The summed E-state index contributed by atoms with van der Waals surface area (Å²) in [4.78, 5) is 70.7. The first-order valence-electron chi connectivity index (χ1n) is 18.1. The van der Waals surface area contributed by atoms with Crippen LogP contribution in [0.1, 0.15) is 67.9 Å². The van der Waals surface area contributed by atoms with Gasteiger partial charge in [0.2, 0.25) is 5.91 Å². The lowest BCUT2D eigenvalue weighted by Gasteiger charge is -2.60. The van der Waals surface area contributed by atoms with Crippen LogP contribution in [0.25, 0.3) is 11.1 Å². The van der Waals surface area contributed by atoms with Crippen LogP contribution in [0.4, 0.5) is 0 Å². The number of fused-ring (bicyclic) bond motifs is 3.